The van der Waals surface area contributed by atoms with Crippen LogP contribution < -0.4 is 5.73 Å². The fourth-order valence-electron chi connectivity index (χ4n) is 1.51. The molecule has 0 spiro atoms. The average molecular weight is 172 g/mol. The zero-order valence-corrected chi connectivity index (χ0v) is 7.83. The molecule has 3 N–H and O–H groups in total. The van der Waals surface area contributed by atoms with E-state index in [9.17, 15) is 0 Å². The summed E-state index contributed by atoms with van der Waals surface area (Å²) in [5.74, 6) is 0. The lowest BCUT2D eigenvalue weighted by Gasteiger charge is -2.03. The summed E-state index contributed by atoms with van der Waals surface area (Å²) in [4.78, 5) is 0. The quantitative estimate of drug-likeness (QED) is 0.682. The number of benzene rings is 2. The highest BCUT2D eigenvalue weighted by molar-refractivity contribution is 5.83. The third-order valence-corrected chi connectivity index (χ3v) is 2.34. The van der Waals surface area contributed by atoms with Gasteiger partial charge in [0.15, 0.2) is 0 Å². The van der Waals surface area contributed by atoms with E-state index < -0.39 is 0 Å². The SMILES string of the molecule is C[C@@H]([NH3+])c1ccc2ccccc2c1. The smallest absolute Gasteiger partial charge is 0.107 e. The molecular weight excluding hydrogens is 158 g/mol. The molecule has 2 rings (SSSR count). The summed E-state index contributed by atoms with van der Waals surface area (Å²) in [5, 5.41) is 2.60. The van der Waals surface area contributed by atoms with E-state index in [1.165, 1.54) is 16.3 Å². The molecule has 0 saturated heterocycles. The van der Waals surface area contributed by atoms with E-state index in [-0.39, 0.29) is 0 Å². The largest absolute Gasteiger partial charge is 0.352 e. The number of fused-ring (bicyclic) bond motifs is 1. The maximum atomic E-state index is 4.02. The van der Waals surface area contributed by atoms with E-state index in [1.807, 2.05) is 0 Å². The van der Waals surface area contributed by atoms with E-state index in [0.717, 1.165) is 0 Å². The van der Waals surface area contributed by atoms with Gasteiger partial charge in [0, 0.05) is 5.56 Å². The van der Waals surface area contributed by atoms with E-state index in [4.69, 9.17) is 0 Å². The molecule has 1 heteroatoms. The molecule has 0 aliphatic carbocycles. The Morgan fingerprint density at radius 2 is 1.69 bits per heavy atom. The van der Waals surface area contributed by atoms with Crippen LogP contribution in [0.4, 0.5) is 0 Å². The van der Waals surface area contributed by atoms with Crippen LogP contribution in [0.15, 0.2) is 42.5 Å². The minimum Gasteiger partial charge on any atom is -0.352 e. The van der Waals surface area contributed by atoms with Crippen LogP contribution >= 0.6 is 0 Å². The van der Waals surface area contributed by atoms with Crippen LogP contribution in [0.25, 0.3) is 10.8 Å². The normalized spacial score (nSPS) is 13.1. The molecule has 1 atom stereocenters. The van der Waals surface area contributed by atoms with Gasteiger partial charge in [-0.3, -0.25) is 0 Å². The number of hydrogen-bond acceptors (Lipinski definition) is 0. The summed E-state index contributed by atoms with van der Waals surface area (Å²) in [7, 11) is 0. The van der Waals surface area contributed by atoms with Crippen LogP contribution in [0.1, 0.15) is 18.5 Å². The summed E-state index contributed by atoms with van der Waals surface area (Å²) >= 11 is 0. The fourth-order valence-corrected chi connectivity index (χ4v) is 1.51. The Morgan fingerprint density at radius 1 is 1.00 bits per heavy atom. The van der Waals surface area contributed by atoms with Crippen molar-refractivity contribution in [2.24, 2.45) is 0 Å². The molecule has 66 valence electrons. The molecule has 13 heavy (non-hydrogen) atoms. The van der Waals surface area contributed by atoms with Crippen molar-refractivity contribution in [1.82, 2.24) is 0 Å². The molecule has 0 aliphatic rings. The molecule has 0 aliphatic heterocycles. The van der Waals surface area contributed by atoms with E-state index in [1.54, 1.807) is 0 Å². The predicted molar refractivity (Wildman–Crippen MR) is 55.3 cm³/mol. The maximum Gasteiger partial charge on any atom is 0.107 e. The third-order valence-electron chi connectivity index (χ3n) is 2.34. The molecule has 0 heterocycles. The molecule has 0 fully saturated rings. The maximum absolute atomic E-state index is 4.02. The van der Waals surface area contributed by atoms with Gasteiger partial charge in [-0.05, 0) is 23.8 Å². The van der Waals surface area contributed by atoms with Gasteiger partial charge in [0.25, 0.3) is 0 Å². The van der Waals surface area contributed by atoms with Crippen LogP contribution in [-0.4, -0.2) is 0 Å². The Balaban J connectivity index is 2.62. The first-order valence-electron chi connectivity index (χ1n) is 4.59. The van der Waals surface area contributed by atoms with Gasteiger partial charge in [-0.2, -0.15) is 0 Å². The molecule has 1 nitrogen and oxygen atoms in total. The Hall–Kier alpha value is -1.34. The molecule has 2 aromatic carbocycles. The van der Waals surface area contributed by atoms with E-state index in [0.29, 0.717) is 6.04 Å². The molecule has 0 saturated carbocycles. The Morgan fingerprint density at radius 3 is 2.38 bits per heavy atom. The van der Waals surface area contributed by atoms with E-state index in [2.05, 4.69) is 55.1 Å². The second kappa shape index (κ2) is 3.19. The predicted octanol–water partition coefficient (Wildman–Crippen LogP) is 2.14. The standard InChI is InChI=1S/C12H13N/c1-9(13)11-7-6-10-4-2-3-5-12(10)8-11/h2-9H,13H2,1H3/p+1/t9-/m1/s1. The van der Waals surface area contributed by atoms with Gasteiger partial charge in [0.1, 0.15) is 6.04 Å². The Labute approximate surface area is 78.2 Å². The first-order chi connectivity index (χ1) is 6.27. The first kappa shape index (κ1) is 8.27. The molecule has 0 amide bonds. The van der Waals surface area contributed by atoms with Gasteiger partial charge >= 0.3 is 0 Å². The number of quaternary nitrogens is 1. The minimum absolute atomic E-state index is 0.365. The summed E-state index contributed by atoms with van der Waals surface area (Å²) < 4.78 is 0. The molecule has 0 aromatic heterocycles. The fraction of sp³-hybridized carbons (Fsp3) is 0.167. The summed E-state index contributed by atoms with van der Waals surface area (Å²) in [6, 6.07) is 15.3. The summed E-state index contributed by atoms with van der Waals surface area (Å²) in [6.45, 7) is 2.12. The molecule has 0 radical (unpaired) electrons. The highest BCUT2D eigenvalue weighted by atomic mass is 14.6. The zero-order chi connectivity index (χ0) is 9.26. The van der Waals surface area contributed by atoms with Gasteiger partial charge in [-0.25, -0.2) is 0 Å². The third kappa shape index (κ3) is 1.56. The van der Waals surface area contributed by atoms with Gasteiger partial charge in [0.2, 0.25) is 0 Å². The molecule has 0 unspecified atom stereocenters. The minimum atomic E-state index is 0.365. The van der Waals surface area contributed by atoms with Crippen molar-refractivity contribution < 1.29 is 5.73 Å². The summed E-state index contributed by atoms with van der Waals surface area (Å²) in [5.41, 5.74) is 5.32. The van der Waals surface area contributed by atoms with Crippen LogP contribution in [0, 0.1) is 0 Å². The second-order valence-electron chi connectivity index (χ2n) is 3.51. The molecule has 0 bridgehead atoms. The van der Waals surface area contributed by atoms with Crippen molar-refractivity contribution in [3.63, 3.8) is 0 Å². The van der Waals surface area contributed by atoms with Crippen LogP contribution in [-0.2, 0) is 0 Å². The number of rotatable bonds is 1. The van der Waals surface area contributed by atoms with Gasteiger partial charge < -0.3 is 5.73 Å². The Bertz CT molecular complexity index is 418. The van der Waals surface area contributed by atoms with Gasteiger partial charge in [0.05, 0.1) is 0 Å². The lowest BCUT2D eigenvalue weighted by atomic mass is 10.0. The highest BCUT2D eigenvalue weighted by Crippen LogP contribution is 2.17. The first-order valence-corrected chi connectivity index (χ1v) is 4.59. The molecular formula is C12H14N+. The van der Waals surface area contributed by atoms with Crippen LogP contribution in [0.3, 0.4) is 0 Å². The lowest BCUT2D eigenvalue weighted by Crippen LogP contribution is -2.51. The number of hydrogen-bond donors (Lipinski definition) is 1. The average Bonchev–Trinajstić information content (AvgIpc) is 2.17. The Kier molecular flexibility index (Phi) is 2.03. The van der Waals surface area contributed by atoms with Crippen molar-refractivity contribution in [2.75, 3.05) is 0 Å². The van der Waals surface area contributed by atoms with Crippen LogP contribution in [0.2, 0.25) is 0 Å². The zero-order valence-electron chi connectivity index (χ0n) is 7.83. The highest BCUT2D eigenvalue weighted by Gasteiger charge is 2.02. The second-order valence-corrected chi connectivity index (χ2v) is 3.51. The van der Waals surface area contributed by atoms with Crippen molar-refractivity contribution >= 4 is 10.8 Å². The topological polar surface area (TPSA) is 27.6 Å². The lowest BCUT2D eigenvalue weighted by molar-refractivity contribution is -0.420. The monoisotopic (exact) mass is 172 g/mol. The van der Waals surface area contributed by atoms with Crippen molar-refractivity contribution in [2.45, 2.75) is 13.0 Å². The summed E-state index contributed by atoms with van der Waals surface area (Å²) in [6.07, 6.45) is 0. The van der Waals surface area contributed by atoms with Crippen molar-refractivity contribution in [3.05, 3.63) is 48.0 Å². The van der Waals surface area contributed by atoms with Crippen molar-refractivity contribution in [3.8, 4) is 0 Å². The van der Waals surface area contributed by atoms with Gasteiger partial charge in [-0.1, -0.05) is 36.4 Å². The van der Waals surface area contributed by atoms with Crippen LogP contribution in [0.5, 0.6) is 0 Å². The van der Waals surface area contributed by atoms with Gasteiger partial charge in [-0.15, -0.1) is 0 Å². The van der Waals surface area contributed by atoms with Crippen molar-refractivity contribution in [1.29, 1.82) is 0 Å². The molecule has 2 aromatic rings. The van der Waals surface area contributed by atoms with E-state index >= 15 is 0 Å².